The zero-order chi connectivity index (χ0) is 15.4. The summed E-state index contributed by atoms with van der Waals surface area (Å²) in [5.74, 6) is 0.641. The summed E-state index contributed by atoms with van der Waals surface area (Å²) < 4.78 is 11.0. The monoisotopic (exact) mass is 366 g/mol. The number of anilines is 1. The summed E-state index contributed by atoms with van der Waals surface area (Å²) in [6.07, 6.45) is 1.70. The van der Waals surface area contributed by atoms with Crippen LogP contribution in [-0.2, 0) is 11.3 Å². The molecule has 0 aliphatic carbocycles. The number of aromatic nitrogens is 2. The van der Waals surface area contributed by atoms with Crippen molar-refractivity contribution in [1.82, 2.24) is 15.3 Å². The van der Waals surface area contributed by atoms with Gasteiger partial charge in [-0.15, -0.1) is 0 Å². The van der Waals surface area contributed by atoms with Crippen LogP contribution in [0, 0.1) is 0 Å². The SMILES string of the molecule is O=C(NCc1ccnc(N2CCOCC2)n1)c1ccc(Br)o1. The molecule has 1 N–H and O–H groups in total. The number of nitrogens with zero attached hydrogens (tertiary/aromatic N) is 3. The second kappa shape index (κ2) is 6.89. The number of hydrogen-bond acceptors (Lipinski definition) is 6. The predicted molar refractivity (Wildman–Crippen MR) is 82.6 cm³/mol. The van der Waals surface area contributed by atoms with Crippen molar-refractivity contribution in [1.29, 1.82) is 0 Å². The lowest BCUT2D eigenvalue weighted by atomic mass is 10.3. The Balaban J connectivity index is 1.61. The van der Waals surface area contributed by atoms with Crippen LogP contribution in [0.1, 0.15) is 16.2 Å². The number of amides is 1. The second-order valence-electron chi connectivity index (χ2n) is 4.73. The van der Waals surface area contributed by atoms with Crippen molar-refractivity contribution in [2.45, 2.75) is 6.54 Å². The van der Waals surface area contributed by atoms with Crippen molar-refractivity contribution < 1.29 is 13.9 Å². The summed E-state index contributed by atoms with van der Waals surface area (Å²) in [7, 11) is 0. The van der Waals surface area contributed by atoms with Gasteiger partial charge in [-0.2, -0.15) is 0 Å². The number of carbonyl (C=O) groups is 1. The topological polar surface area (TPSA) is 80.5 Å². The summed E-state index contributed by atoms with van der Waals surface area (Å²) >= 11 is 3.17. The minimum Gasteiger partial charge on any atom is -0.444 e. The van der Waals surface area contributed by atoms with E-state index in [0.717, 1.165) is 18.8 Å². The molecule has 0 bridgehead atoms. The maximum atomic E-state index is 11.9. The smallest absolute Gasteiger partial charge is 0.287 e. The number of furan rings is 1. The molecule has 0 aromatic carbocycles. The molecule has 8 heteroatoms. The van der Waals surface area contributed by atoms with Crippen LogP contribution in [0.25, 0.3) is 0 Å². The van der Waals surface area contributed by atoms with Gasteiger partial charge in [-0.25, -0.2) is 9.97 Å². The number of carbonyl (C=O) groups excluding carboxylic acids is 1. The Morgan fingerprint density at radius 2 is 2.14 bits per heavy atom. The van der Waals surface area contributed by atoms with Gasteiger partial charge < -0.3 is 19.4 Å². The molecule has 0 atom stereocenters. The molecule has 1 fully saturated rings. The first kappa shape index (κ1) is 15.0. The Kier molecular flexibility index (Phi) is 4.69. The highest BCUT2D eigenvalue weighted by Crippen LogP contribution is 2.14. The van der Waals surface area contributed by atoms with Crippen LogP contribution < -0.4 is 10.2 Å². The van der Waals surface area contributed by atoms with E-state index in [-0.39, 0.29) is 11.7 Å². The Hall–Kier alpha value is -1.93. The predicted octanol–water partition coefficient (Wildman–Crippen LogP) is 1.60. The molecule has 2 aromatic heterocycles. The molecule has 116 valence electrons. The number of halogens is 1. The van der Waals surface area contributed by atoms with E-state index in [0.29, 0.717) is 30.4 Å². The Bertz CT molecular complexity index is 655. The van der Waals surface area contributed by atoms with Crippen LogP contribution in [0.2, 0.25) is 0 Å². The Labute approximate surface area is 135 Å². The number of morpholine rings is 1. The third-order valence-electron chi connectivity index (χ3n) is 3.22. The van der Waals surface area contributed by atoms with E-state index in [2.05, 4.69) is 36.1 Å². The second-order valence-corrected chi connectivity index (χ2v) is 5.52. The molecule has 1 aliphatic rings. The van der Waals surface area contributed by atoms with E-state index in [9.17, 15) is 4.79 Å². The summed E-state index contributed by atoms with van der Waals surface area (Å²) in [6, 6.07) is 5.07. The maximum absolute atomic E-state index is 11.9. The first-order valence-corrected chi connectivity index (χ1v) is 7.70. The minimum atomic E-state index is -0.280. The quantitative estimate of drug-likeness (QED) is 0.884. The summed E-state index contributed by atoms with van der Waals surface area (Å²) in [6.45, 7) is 3.22. The summed E-state index contributed by atoms with van der Waals surface area (Å²) in [4.78, 5) is 22.7. The van der Waals surface area contributed by atoms with E-state index in [1.807, 2.05) is 0 Å². The zero-order valence-electron chi connectivity index (χ0n) is 11.8. The van der Waals surface area contributed by atoms with Gasteiger partial charge in [-0.05, 0) is 34.1 Å². The fourth-order valence-electron chi connectivity index (χ4n) is 2.09. The molecule has 1 saturated heterocycles. The molecular formula is C14H15BrN4O3. The average Bonchev–Trinajstić information content (AvgIpc) is 3.00. The lowest BCUT2D eigenvalue weighted by Crippen LogP contribution is -2.37. The first-order chi connectivity index (χ1) is 10.7. The average molecular weight is 367 g/mol. The molecule has 22 heavy (non-hydrogen) atoms. The largest absolute Gasteiger partial charge is 0.444 e. The number of ether oxygens (including phenoxy) is 1. The molecule has 0 saturated carbocycles. The standard InChI is InChI=1S/C14H15BrN4O3/c15-12-2-1-11(22-12)13(20)17-9-10-3-4-16-14(18-10)19-5-7-21-8-6-19/h1-4H,5-9H2,(H,17,20). The third kappa shape index (κ3) is 3.63. The van der Waals surface area contributed by atoms with Gasteiger partial charge in [0, 0.05) is 19.3 Å². The van der Waals surface area contributed by atoms with Gasteiger partial charge in [0.25, 0.3) is 5.91 Å². The third-order valence-corrected chi connectivity index (χ3v) is 3.65. The molecule has 0 unspecified atom stereocenters. The van der Waals surface area contributed by atoms with Crippen molar-refractivity contribution in [3.05, 3.63) is 40.5 Å². The lowest BCUT2D eigenvalue weighted by Gasteiger charge is -2.26. The molecule has 2 aromatic rings. The molecule has 3 heterocycles. The number of nitrogens with one attached hydrogen (secondary N) is 1. The van der Waals surface area contributed by atoms with Gasteiger partial charge in [0.1, 0.15) is 0 Å². The normalized spacial score (nSPS) is 14.9. The fraction of sp³-hybridized carbons (Fsp3) is 0.357. The fourth-order valence-corrected chi connectivity index (χ4v) is 2.40. The summed E-state index contributed by atoms with van der Waals surface area (Å²) in [5, 5.41) is 2.77. The van der Waals surface area contributed by atoms with Crippen LogP contribution in [0.5, 0.6) is 0 Å². The van der Waals surface area contributed by atoms with Gasteiger partial charge in [0.05, 0.1) is 25.5 Å². The van der Waals surface area contributed by atoms with E-state index in [1.54, 1.807) is 24.4 Å². The molecule has 0 radical (unpaired) electrons. The zero-order valence-corrected chi connectivity index (χ0v) is 13.4. The molecule has 1 aliphatic heterocycles. The highest BCUT2D eigenvalue weighted by atomic mass is 79.9. The lowest BCUT2D eigenvalue weighted by molar-refractivity contribution is 0.0921. The van der Waals surface area contributed by atoms with Crippen LogP contribution >= 0.6 is 15.9 Å². The van der Waals surface area contributed by atoms with Crippen molar-refractivity contribution in [3.8, 4) is 0 Å². The molecule has 1 amide bonds. The van der Waals surface area contributed by atoms with Crippen LogP contribution in [0.4, 0.5) is 5.95 Å². The minimum absolute atomic E-state index is 0.259. The van der Waals surface area contributed by atoms with Crippen molar-refractivity contribution in [2.24, 2.45) is 0 Å². The molecular weight excluding hydrogens is 352 g/mol. The Morgan fingerprint density at radius 3 is 2.86 bits per heavy atom. The highest BCUT2D eigenvalue weighted by Gasteiger charge is 2.15. The van der Waals surface area contributed by atoms with Crippen LogP contribution in [0.15, 0.2) is 33.5 Å². The van der Waals surface area contributed by atoms with Crippen molar-refractivity contribution in [2.75, 3.05) is 31.2 Å². The van der Waals surface area contributed by atoms with E-state index >= 15 is 0 Å². The van der Waals surface area contributed by atoms with E-state index in [1.165, 1.54) is 0 Å². The molecule has 0 spiro atoms. The number of hydrogen-bond donors (Lipinski definition) is 1. The molecule has 3 rings (SSSR count). The Morgan fingerprint density at radius 1 is 1.32 bits per heavy atom. The van der Waals surface area contributed by atoms with Gasteiger partial charge in [-0.3, -0.25) is 4.79 Å². The number of rotatable bonds is 4. The van der Waals surface area contributed by atoms with Crippen LogP contribution in [0.3, 0.4) is 0 Å². The summed E-state index contributed by atoms with van der Waals surface area (Å²) in [5.41, 5.74) is 0.746. The van der Waals surface area contributed by atoms with Gasteiger partial charge in [0.2, 0.25) is 5.95 Å². The highest BCUT2D eigenvalue weighted by molar-refractivity contribution is 9.10. The van der Waals surface area contributed by atoms with Crippen LogP contribution in [-0.4, -0.2) is 42.2 Å². The van der Waals surface area contributed by atoms with Crippen molar-refractivity contribution in [3.63, 3.8) is 0 Å². The molecule has 7 nitrogen and oxygen atoms in total. The van der Waals surface area contributed by atoms with E-state index < -0.39 is 0 Å². The maximum Gasteiger partial charge on any atom is 0.287 e. The van der Waals surface area contributed by atoms with Crippen molar-refractivity contribution >= 4 is 27.8 Å². The van der Waals surface area contributed by atoms with Gasteiger partial charge >= 0.3 is 0 Å². The van der Waals surface area contributed by atoms with E-state index in [4.69, 9.17) is 9.15 Å². The van der Waals surface area contributed by atoms with Gasteiger partial charge in [-0.1, -0.05) is 0 Å². The van der Waals surface area contributed by atoms with Gasteiger partial charge in [0.15, 0.2) is 10.4 Å². The first-order valence-electron chi connectivity index (χ1n) is 6.90.